The third kappa shape index (κ3) is 3.79. The van der Waals surface area contributed by atoms with Crippen LogP contribution in [0.5, 0.6) is 0 Å². The van der Waals surface area contributed by atoms with E-state index in [9.17, 15) is 4.21 Å². The van der Waals surface area contributed by atoms with Gasteiger partial charge in [-0.3, -0.25) is 4.21 Å². The first-order chi connectivity index (χ1) is 6.72. The van der Waals surface area contributed by atoms with Crippen molar-refractivity contribution in [3.63, 3.8) is 0 Å². The molecule has 1 aromatic rings. The van der Waals surface area contributed by atoms with Gasteiger partial charge >= 0.3 is 0 Å². The first-order valence-electron chi connectivity index (χ1n) is 4.66. The average Bonchev–Trinajstić information content (AvgIpc) is 2.17. The van der Waals surface area contributed by atoms with Crippen molar-refractivity contribution in [2.45, 2.75) is 6.92 Å². The molecule has 14 heavy (non-hydrogen) atoms. The van der Waals surface area contributed by atoms with E-state index in [4.69, 9.17) is 5.73 Å². The number of nitrogen functional groups attached to an aromatic ring is 1. The van der Waals surface area contributed by atoms with E-state index in [2.05, 4.69) is 5.32 Å². The first-order valence-corrected chi connectivity index (χ1v) is 6.15. The molecule has 0 heterocycles. The Balaban J connectivity index is 2.35. The molecule has 0 radical (unpaired) electrons. The maximum Gasteiger partial charge on any atom is 0.0408 e. The van der Waals surface area contributed by atoms with Gasteiger partial charge in [-0.25, -0.2) is 0 Å². The molecule has 0 aliphatic rings. The Kier molecular flexibility index (Phi) is 4.46. The highest BCUT2D eigenvalue weighted by Crippen LogP contribution is 2.10. The molecule has 1 unspecified atom stereocenters. The van der Waals surface area contributed by atoms with Crippen molar-refractivity contribution in [3.8, 4) is 0 Å². The Morgan fingerprint density at radius 2 is 2.29 bits per heavy atom. The topological polar surface area (TPSA) is 55.1 Å². The van der Waals surface area contributed by atoms with Crippen molar-refractivity contribution in [2.75, 3.05) is 29.1 Å². The van der Waals surface area contributed by atoms with Gasteiger partial charge in [0, 0.05) is 40.2 Å². The van der Waals surface area contributed by atoms with Crippen molar-refractivity contribution >= 4 is 22.2 Å². The number of anilines is 2. The van der Waals surface area contributed by atoms with E-state index < -0.39 is 10.8 Å². The molecule has 0 bridgehead atoms. The molecule has 0 amide bonds. The quantitative estimate of drug-likeness (QED) is 0.726. The summed E-state index contributed by atoms with van der Waals surface area (Å²) in [7, 11) is -0.700. The van der Waals surface area contributed by atoms with E-state index >= 15 is 0 Å². The second-order valence-corrected chi connectivity index (χ2v) is 4.85. The van der Waals surface area contributed by atoms with Gasteiger partial charge in [-0.2, -0.15) is 0 Å². The Labute approximate surface area is 87.2 Å². The van der Waals surface area contributed by atoms with Gasteiger partial charge in [-0.15, -0.1) is 0 Å². The third-order valence-corrected chi connectivity index (χ3v) is 3.17. The summed E-state index contributed by atoms with van der Waals surface area (Å²) in [5, 5.41) is 3.18. The molecule has 1 atom stereocenters. The Morgan fingerprint density at radius 1 is 1.50 bits per heavy atom. The largest absolute Gasteiger partial charge is 0.399 e. The minimum atomic E-state index is -0.700. The second kappa shape index (κ2) is 5.65. The van der Waals surface area contributed by atoms with Gasteiger partial charge < -0.3 is 11.1 Å². The van der Waals surface area contributed by atoms with Crippen LogP contribution in [0.2, 0.25) is 0 Å². The predicted octanol–water partition coefficient (Wildman–Crippen LogP) is 1.45. The Bertz CT molecular complexity index is 315. The summed E-state index contributed by atoms with van der Waals surface area (Å²) in [6.45, 7) is 2.65. The standard InChI is InChI=1S/C10H16N2OS/c1-2-14(13)7-6-12-10-5-3-4-9(11)8-10/h3-5,8,12H,2,6-7,11H2,1H3. The number of rotatable bonds is 5. The van der Waals surface area contributed by atoms with Crippen LogP contribution in [0.4, 0.5) is 11.4 Å². The zero-order valence-electron chi connectivity index (χ0n) is 8.32. The zero-order chi connectivity index (χ0) is 10.4. The molecule has 0 fully saturated rings. The van der Waals surface area contributed by atoms with Crippen LogP contribution in [0.15, 0.2) is 24.3 Å². The highest BCUT2D eigenvalue weighted by molar-refractivity contribution is 7.84. The molecular formula is C10H16N2OS. The van der Waals surface area contributed by atoms with Crippen molar-refractivity contribution in [1.82, 2.24) is 0 Å². The van der Waals surface area contributed by atoms with Crippen LogP contribution < -0.4 is 11.1 Å². The molecule has 3 nitrogen and oxygen atoms in total. The lowest BCUT2D eigenvalue weighted by atomic mass is 10.3. The van der Waals surface area contributed by atoms with Gasteiger partial charge in [-0.1, -0.05) is 13.0 Å². The van der Waals surface area contributed by atoms with Crippen molar-refractivity contribution in [3.05, 3.63) is 24.3 Å². The van der Waals surface area contributed by atoms with Crippen LogP contribution in [0, 0.1) is 0 Å². The van der Waals surface area contributed by atoms with Crippen LogP contribution in [0.3, 0.4) is 0 Å². The first kappa shape index (κ1) is 11.0. The van der Waals surface area contributed by atoms with E-state index in [0.29, 0.717) is 5.75 Å². The number of nitrogens with one attached hydrogen (secondary N) is 1. The number of hydrogen-bond acceptors (Lipinski definition) is 3. The summed E-state index contributed by atoms with van der Waals surface area (Å²) in [5.41, 5.74) is 7.34. The molecule has 78 valence electrons. The normalized spacial score (nSPS) is 12.4. The predicted molar refractivity (Wildman–Crippen MR) is 62.9 cm³/mol. The smallest absolute Gasteiger partial charge is 0.0408 e. The van der Waals surface area contributed by atoms with Crippen molar-refractivity contribution in [2.24, 2.45) is 0 Å². The van der Waals surface area contributed by atoms with Gasteiger partial charge in [0.2, 0.25) is 0 Å². The Morgan fingerprint density at radius 3 is 2.93 bits per heavy atom. The zero-order valence-corrected chi connectivity index (χ0v) is 9.14. The van der Waals surface area contributed by atoms with E-state index in [1.807, 2.05) is 31.2 Å². The van der Waals surface area contributed by atoms with Crippen molar-refractivity contribution in [1.29, 1.82) is 0 Å². The van der Waals surface area contributed by atoms with Gasteiger partial charge in [-0.05, 0) is 18.2 Å². The van der Waals surface area contributed by atoms with E-state index in [1.54, 1.807) is 0 Å². The monoisotopic (exact) mass is 212 g/mol. The molecule has 1 rings (SSSR count). The van der Waals surface area contributed by atoms with Crippen LogP contribution in [-0.4, -0.2) is 22.3 Å². The van der Waals surface area contributed by atoms with Crippen LogP contribution in [-0.2, 0) is 10.8 Å². The molecular weight excluding hydrogens is 196 g/mol. The van der Waals surface area contributed by atoms with E-state index in [1.165, 1.54) is 0 Å². The number of nitrogens with two attached hydrogens (primary N) is 1. The summed E-state index contributed by atoms with van der Waals surface area (Å²) in [6.07, 6.45) is 0. The molecule has 3 N–H and O–H groups in total. The SMILES string of the molecule is CCS(=O)CCNc1cccc(N)c1. The van der Waals surface area contributed by atoms with Gasteiger partial charge in [0.1, 0.15) is 0 Å². The molecule has 1 aromatic carbocycles. The fourth-order valence-electron chi connectivity index (χ4n) is 1.10. The summed E-state index contributed by atoms with van der Waals surface area (Å²) in [6, 6.07) is 7.56. The molecule has 0 aromatic heterocycles. The van der Waals surface area contributed by atoms with Gasteiger partial charge in [0.15, 0.2) is 0 Å². The fraction of sp³-hybridized carbons (Fsp3) is 0.400. The lowest BCUT2D eigenvalue weighted by molar-refractivity contribution is 0.684. The molecule has 0 aliphatic heterocycles. The van der Waals surface area contributed by atoms with Crippen LogP contribution in [0.25, 0.3) is 0 Å². The number of hydrogen-bond donors (Lipinski definition) is 2. The molecule has 0 saturated heterocycles. The highest BCUT2D eigenvalue weighted by Gasteiger charge is 1.96. The van der Waals surface area contributed by atoms with Crippen LogP contribution in [0.1, 0.15) is 6.92 Å². The highest BCUT2D eigenvalue weighted by atomic mass is 32.2. The molecule has 4 heteroatoms. The number of benzene rings is 1. The molecule has 0 aliphatic carbocycles. The third-order valence-electron chi connectivity index (χ3n) is 1.87. The van der Waals surface area contributed by atoms with Gasteiger partial charge in [0.05, 0.1) is 0 Å². The lowest BCUT2D eigenvalue weighted by Gasteiger charge is -2.05. The van der Waals surface area contributed by atoms with Crippen LogP contribution >= 0.6 is 0 Å². The minimum absolute atomic E-state index is 0.686. The fourth-order valence-corrected chi connectivity index (χ4v) is 1.72. The molecule has 0 saturated carbocycles. The lowest BCUT2D eigenvalue weighted by Crippen LogP contribution is -2.11. The maximum absolute atomic E-state index is 11.1. The summed E-state index contributed by atoms with van der Waals surface area (Å²) in [4.78, 5) is 0. The van der Waals surface area contributed by atoms with E-state index in [0.717, 1.165) is 23.7 Å². The maximum atomic E-state index is 11.1. The van der Waals surface area contributed by atoms with E-state index in [-0.39, 0.29) is 0 Å². The van der Waals surface area contributed by atoms with Gasteiger partial charge in [0.25, 0.3) is 0 Å². The molecule has 0 spiro atoms. The Hall–Kier alpha value is -1.03. The summed E-state index contributed by atoms with van der Waals surface area (Å²) in [5.74, 6) is 1.41. The van der Waals surface area contributed by atoms with Crippen molar-refractivity contribution < 1.29 is 4.21 Å². The summed E-state index contributed by atoms with van der Waals surface area (Å²) >= 11 is 0. The minimum Gasteiger partial charge on any atom is -0.399 e. The second-order valence-electron chi connectivity index (χ2n) is 2.98. The average molecular weight is 212 g/mol. The summed E-state index contributed by atoms with van der Waals surface area (Å²) < 4.78 is 11.1.